The molecule has 3 heteroatoms. The van der Waals surface area contributed by atoms with Crippen LogP contribution in [-0.4, -0.2) is 21.4 Å². The highest BCUT2D eigenvalue weighted by Gasteiger charge is 2.33. The van der Waals surface area contributed by atoms with Crippen molar-refractivity contribution in [3.8, 4) is 11.5 Å². The Morgan fingerprint density at radius 3 is 2.38 bits per heavy atom. The fourth-order valence-corrected chi connectivity index (χ4v) is 3.62. The molecule has 1 aromatic carbocycles. The highest BCUT2D eigenvalue weighted by Crippen LogP contribution is 2.46. The summed E-state index contributed by atoms with van der Waals surface area (Å²) >= 11 is 0. The average molecular weight is 330 g/mol. The SMILES string of the molecule is C=C(C)[C@@H]1CC(O)C(C)=C[C@H]1c1c(O)cc(CCCCC)cc1O. The number of hydrogen-bond acceptors (Lipinski definition) is 3. The molecule has 0 heterocycles. The fraction of sp³-hybridized carbons (Fsp3) is 0.524. The molecule has 0 amide bonds. The van der Waals surface area contributed by atoms with Crippen LogP contribution in [0.1, 0.15) is 63.5 Å². The number of aliphatic hydroxyl groups is 1. The van der Waals surface area contributed by atoms with Crippen molar-refractivity contribution in [1.82, 2.24) is 0 Å². The van der Waals surface area contributed by atoms with E-state index in [0.29, 0.717) is 12.0 Å². The molecule has 1 aliphatic carbocycles. The minimum Gasteiger partial charge on any atom is -0.507 e. The zero-order valence-electron chi connectivity index (χ0n) is 15.0. The molecule has 0 aromatic heterocycles. The van der Waals surface area contributed by atoms with Gasteiger partial charge in [-0.2, -0.15) is 0 Å². The van der Waals surface area contributed by atoms with Gasteiger partial charge in [0.1, 0.15) is 11.5 Å². The molecular formula is C21H30O3. The lowest BCUT2D eigenvalue weighted by atomic mass is 9.72. The van der Waals surface area contributed by atoms with Gasteiger partial charge in [-0.15, -0.1) is 0 Å². The Labute approximate surface area is 145 Å². The van der Waals surface area contributed by atoms with Crippen molar-refractivity contribution < 1.29 is 15.3 Å². The summed E-state index contributed by atoms with van der Waals surface area (Å²) < 4.78 is 0. The quantitative estimate of drug-likeness (QED) is 0.518. The summed E-state index contributed by atoms with van der Waals surface area (Å²) in [5.74, 6) is 0.124. The first kappa shape index (κ1) is 18.6. The maximum Gasteiger partial charge on any atom is 0.123 e. The van der Waals surface area contributed by atoms with Crippen molar-refractivity contribution in [2.24, 2.45) is 5.92 Å². The predicted molar refractivity (Wildman–Crippen MR) is 98.4 cm³/mol. The molecule has 0 saturated heterocycles. The number of aryl methyl sites for hydroxylation is 1. The summed E-state index contributed by atoms with van der Waals surface area (Å²) in [6, 6.07) is 3.54. The van der Waals surface area contributed by atoms with Gasteiger partial charge in [0.05, 0.1) is 6.10 Å². The number of aliphatic hydroxyl groups excluding tert-OH is 1. The summed E-state index contributed by atoms with van der Waals surface area (Å²) in [5.41, 5.74) is 3.34. The van der Waals surface area contributed by atoms with Crippen molar-refractivity contribution in [3.63, 3.8) is 0 Å². The summed E-state index contributed by atoms with van der Waals surface area (Å²) in [6.07, 6.45) is 6.24. The van der Waals surface area contributed by atoms with Gasteiger partial charge in [0, 0.05) is 11.5 Å². The van der Waals surface area contributed by atoms with Gasteiger partial charge < -0.3 is 15.3 Å². The topological polar surface area (TPSA) is 60.7 Å². The van der Waals surface area contributed by atoms with Crippen LogP contribution in [0.25, 0.3) is 0 Å². The van der Waals surface area contributed by atoms with Gasteiger partial charge in [0.2, 0.25) is 0 Å². The normalized spacial score (nSPS) is 23.8. The number of unbranched alkanes of at least 4 members (excludes halogenated alkanes) is 2. The van der Waals surface area contributed by atoms with Crippen molar-refractivity contribution in [2.75, 3.05) is 0 Å². The van der Waals surface area contributed by atoms with E-state index in [9.17, 15) is 15.3 Å². The third-order valence-electron chi connectivity index (χ3n) is 5.11. The molecular weight excluding hydrogens is 300 g/mol. The Morgan fingerprint density at radius 2 is 1.83 bits per heavy atom. The highest BCUT2D eigenvalue weighted by atomic mass is 16.3. The lowest BCUT2D eigenvalue weighted by Gasteiger charge is -2.34. The van der Waals surface area contributed by atoms with E-state index in [-0.39, 0.29) is 23.3 Å². The van der Waals surface area contributed by atoms with Gasteiger partial charge in [0.25, 0.3) is 0 Å². The molecule has 1 aliphatic rings. The van der Waals surface area contributed by atoms with Crippen LogP contribution < -0.4 is 0 Å². The number of aromatic hydroxyl groups is 2. The molecule has 0 fully saturated rings. The summed E-state index contributed by atoms with van der Waals surface area (Å²) in [6.45, 7) is 10.0. The Hall–Kier alpha value is -1.74. The average Bonchev–Trinajstić information content (AvgIpc) is 2.50. The number of hydrogen-bond donors (Lipinski definition) is 3. The molecule has 0 bridgehead atoms. The number of rotatable bonds is 6. The van der Waals surface area contributed by atoms with E-state index in [2.05, 4.69) is 13.5 Å². The molecule has 2 rings (SSSR count). The zero-order chi connectivity index (χ0) is 17.9. The first-order chi connectivity index (χ1) is 11.3. The minimum absolute atomic E-state index is 0.00596. The first-order valence-corrected chi connectivity index (χ1v) is 8.91. The molecule has 24 heavy (non-hydrogen) atoms. The molecule has 1 unspecified atom stereocenters. The summed E-state index contributed by atoms with van der Waals surface area (Å²) in [7, 11) is 0. The fourth-order valence-electron chi connectivity index (χ4n) is 3.62. The van der Waals surface area contributed by atoms with Crippen molar-refractivity contribution >= 4 is 0 Å². The first-order valence-electron chi connectivity index (χ1n) is 8.91. The Balaban J connectivity index is 2.37. The van der Waals surface area contributed by atoms with Crippen molar-refractivity contribution in [1.29, 1.82) is 0 Å². The number of phenolic OH excluding ortho intramolecular Hbond substituents is 2. The Bertz CT molecular complexity index is 607. The van der Waals surface area contributed by atoms with Gasteiger partial charge >= 0.3 is 0 Å². The minimum atomic E-state index is -0.486. The zero-order valence-corrected chi connectivity index (χ0v) is 15.0. The highest BCUT2D eigenvalue weighted by molar-refractivity contribution is 5.52. The van der Waals surface area contributed by atoms with Crippen LogP contribution in [0.5, 0.6) is 11.5 Å². The van der Waals surface area contributed by atoms with Gasteiger partial charge in [-0.3, -0.25) is 0 Å². The summed E-state index contributed by atoms with van der Waals surface area (Å²) in [5, 5.41) is 31.2. The lowest BCUT2D eigenvalue weighted by Crippen LogP contribution is -2.26. The molecule has 0 spiro atoms. The van der Waals surface area contributed by atoms with Gasteiger partial charge in [-0.05, 0) is 62.3 Å². The molecule has 3 N–H and O–H groups in total. The van der Waals surface area contributed by atoms with E-state index in [1.165, 1.54) is 0 Å². The number of benzene rings is 1. The maximum absolute atomic E-state index is 10.6. The van der Waals surface area contributed by atoms with Crippen LogP contribution in [-0.2, 0) is 6.42 Å². The largest absolute Gasteiger partial charge is 0.507 e. The van der Waals surface area contributed by atoms with E-state index in [4.69, 9.17) is 0 Å². The molecule has 3 atom stereocenters. The molecule has 132 valence electrons. The van der Waals surface area contributed by atoms with Crippen molar-refractivity contribution in [3.05, 3.63) is 47.1 Å². The lowest BCUT2D eigenvalue weighted by molar-refractivity contribution is 0.168. The van der Waals surface area contributed by atoms with Gasteiger partial charge in [0.15, 0.2) is 0 Å². The van der Waals surface area contributed by atoms with Crippen molar-refractivity contribution in [2.45, 2.75) is 64.9 Å². The third-order valence-corrected chi connectivity index (χ3v) is 5.11. The predicted octanol–water partition coefficient (Wildman–Crippen LogP) is 4.82. The summed E-state index contributed by atoms with van der Waals surface area (Å²) in [4.78, 5) is 0. The monoisotopic (exact) mass is 330 g/mol. The van der Waals surface area contributed by atoms with Crippen LogP contribution in [0.15, 0.2) is 35.9 Å². The Morgan fingerprint density at radius 1 is 1.21 bits per heavy atom. The number of phenols is 2. The molecule has 0 radical (unpaired) electrons. The number of allylic oxidation sites excluding steroid dienone is 2. The van der Waals surface area contributed by atoms with Crippen LogP contribution >= 0.6 is 0 Å². The second-order valence-electron chi connectivity index (χ2n) is 7.15. The third kappa shape index (κ3) is 4.02. The van der Waals surface area contributed by atoms with E-state index < -0.39 is 6.10 Å². The van der Waals surface area contributed by atoms with Crippen LogP contribution in [0, 0.1) is 5.92 Å². The second kappa shape index (κ2) is 7.89. The van der Waals surface area contributed by atoms with Gasteiger partial charge in [-0.25, -0.2) is 0 Å². The van der Waals surface area contributed by atoms with Crippen LogP contribution in [0.3, 0.4) is 0 Å². The molecule has 0 aliphatic heterocycles. The van der Waals surface area contributed by atoms with E-state index in [0.717, 1.165) is 42.4 Å². The standard InChI is InChI=1S/C21H30O3/c1-5-6-7-8-15-10-19(23)21(20(24)11-15)17-9-14(4)18(22)12-16(17)13(2)3/h9-11,16-18,22-24H,2,5-8,12H2,1,3-4H3/t16-,17+,18?/m0/s1. The molecule has 1 aromatic rings. The smallest absolute Gasteiger partial charge is 0.123 e. The molecule has 0 saturated carbocycles. The van der Waals surface area contributed by atoms with Crippen LogP contribution in [0.4, 0.5) is 0 Å². The van der Waals surface area contributed by atoms with E-state index in [1.807, 2.05) is 19.9 Å². The maximum atomic E-state index is 10.6. The second-order valence-corrected chi connectivity index (χ2v) is 7.15. The van der Waals surface area contributed by atoms with E-state index >= 15 is 0 Å². The Kier molecular flexibility index (Phi) is 6.11. The van der Waals surface area contributed by atoms with Gasteiger partial charge in [-0.1, -0.05) is 38.0 Å². The van der Waals surface area contributed by atoms with E-state index in [1.54, 1.807) is 12.1 Å². The van der Waals surface area contributed by atoms with Crippen LogP contribution in [0.2, 0.25) is 0 Å². The molecule has 3 nitrogen and oxygen atoms in total.